The molecule has 0 atom stereocenters. The smallest absolute Gasteiger partial charge is 0.0894 e. The van der Waals surface area contributed by atoms with E-state index in [1.807, 2.05) is 0 Å². The summed E-state index contributed by atoms with van der Waals surface area (Å²) in [5.41, 5.74) is 0. The van der Waals surface area contributed by atoms with Crippen LogP contribution in [0.15, 0.2) is 15.9 Å². The van der Waals surface area contributed by atoms with Crippen LogP contribution in [0, 0.1) is 0 Å². The van der Waals surface area contributed by atoms with Crippen molar-refractivity contribution in [2.45, 2.75) is 18.9 Å². The van der Waals surface area contributed by atoms with Crippen LogP contribution in [-0.2, 0) is 0 Å². The Hall–Kier alpha value is -0.0600. The van der Waals surface area contributed by atoms with E-state index in [9.17, 15) is 0 Å². The third kappa shape index (κ3) is 3.29. The van der Waals surface area contributed by atoms with Crippen molar-refractivity contribution in [3.63, 3.8) is 0 Å². The first-order chi connectivity index (χ1) is 6.34. The van der Waals surface area contributed by atoms with Crippen LogP contribution in [0.4, 0.5) is 5.00 Å². The summed E-state index contributed by atoms with van der Waals surface area (Å²) in [6.07, 6.45) is 2.73. The van der Waals surface area contributed by atoms with E-state index in [0.29, 0.717) is 0 Å². The average molecular weight is 261 g/mol. The third-order valence-corrected chi connectivity index (χ3v) is 3.59. The van der Waals surface area contributed by atoms with Crippen LogP contribution in [-0.4, -0.2) is 19.1 Å². The molecular formula is C9H13BrN2S. The molecule has 2 nitrogen and oxygen atoms in total. The van der Waals surface area contributed by atoms with Gasteiger partial charge in [0.15, 0.2) is 0 Å². The number of hydrogen-bond donors (Lipinski definition) is 2. The summed E-state index contributed by atoms with van der Waals surface area (Å²) in [5, 5.41) is 8.08. The summed E-state index contributed by atoms with van der Waals surface area (Å²) in [4.78, 5) is 0. The number of anilines is 1. The fourth-order valence-corrected chi connectivity index (χ4v) is 2.47. The first-order valence-electron chi connectivity index (χ1n) is 4.57. The maximum Gasteiger partial charge on any atom is 0.0894 e. The van der Waals surface area contributed by atoms with E-state index in [1.54, 1.807) is 11.3 Å². The molecule has 1 fully saturated rings. The van der Waals surface area contributed by atoms with Crippen molar-refractivity contribution in [1.29, 1.82) is 0 Å². The Morgan fingerprint density at radius 1 is 1.38 bits per heavy atom. The molecule has 13 heavy (non-hydrogen) atoms. The summed E-state index contributed by atoms with van der Waals surface area (Å²) < 4.78 is 1.19. The predicted octanol–water partition coefficient (Wildman–Crippen LogP) is 2.67. The Morgan fingerprint density at radius 2 is 2.23 bits per heavy atom. The topological polar surface area (TPSA) is 24.1 Å². The second-order valence-electron chi connectivity index (χ2n) is 3.26. The lowest BCUT2D eigenvalue weighted by atomic mass is 10.5. The lowest BCUT2D eigenvalue weighted by molar-refractivity contribution is 0.702. The largest absolute Gasteiger partial charge is 0.376 e. The van der Waals surface area contributed by atoms with Gasteiger partial charge in [-0.2, -0.15) is 0 Å². The van der Waals surface area contributed by atoms with Crippen LogP contribution in [0.2, 0.25) is 0 Å². The molecule has 4 heteroatoms. The van der Waals surface area contributed by atoms with E-state index in [-0.39, 0.29) is 0 Å². The van der Waals surface area contributed by atoms with Crippen molar-refractivity contribution >= 4 is 32.3 Å². The summed E-state index contributed by atoms with van der Waals surface area (Å²) in [6, 6.07) is 4.99. The Labute approximate surface area is 90.9 Å². The number of rotatable bonds is 5. The molecule has 0 aromatic carbocycles. The number of thiophene rings is 1. The zero-order valence-electron chi connectivity index (χ0n) is 7.35. The SMILES string of the molecule is Brc1ccc(NCCNC2CC2)s1. The number of nitrogens with one attached hydrogen (secondary N) is 2. The van der Waals surface area contributed by atoms with E-state index in [4.69, 9.17) is 0 Å². The van der Waals surface area contributed by atoms with Crippen molar-refractivity contribution in [3.8, 4) is 0 Å². The highest BCUT2D eigenvalue weighted by Gasteiger charge is 2.19. The maximum atomic E-state index is 3.46. The van der Waals surface area contributed by atoms with Crippen molar-refractivity contribution in [1.82, 2.24) is 5.32 Å². The molecule has 1 aromatic rings. The van der Waals surface area contributed by atoms with Gasteiger partial charge in [0.2, 0.25) is 0 Å². The average Bonchev–Trinajstić information content (AvgIpc) is 2.84. The normalized spacial score (nSPS) is 16.1. The highest BCUT2D eigenvalue weighted by atomic mass is 79.9. The fraction of sp³-hybridized carbons (Fsp3) is 0.556. The summed E-state index contributed by atoms with van der Waals surface area (Å²) >= 11 is 5.18. The molecule has 1 aliphatic rings. The molecule has 0 radical (unpaired) electrons. The van der Waals surface area contributed by atoms with Gasteiger partial charge in [0.05, 0.1) is 8.79 Å². The lowest BCUT2D eigenvalue weighted by Gasteiger charge is -2.03. The van der Waals surface area contributed by atoms with Crippen molar-refractivity contribution in [2.75, 3.05) is 18.4 Å². The highest BCUT2D eigenvalue weighted by Crippen LogP contribution is 2.26. The van der Waals surface area contributed by atoms with E-state index in [2.05, 4.69) is 38.7 Å². The molecule has 1 heterocycles. The molecule has 72 valence electrons. The highest BCUT2D eigenvalue weighted by molar-refractivity contribution is 9.11. The van der Waals surface area contributed by atoms with Crippen LogP contribution in [0.1, 0.15) is 12.8 Å². The van der Waals surface area contributed by atoms with Crippen LogP contribution in [0.25, 0.3) is 0 Å². The van der Waals surface area contributed by atoms with Crippen molar-refractivity contribution in [2.24, 2.45) is 0 Å². The molecule has 1 aromatic heterocycles. The minimum absolute atomic E-state index is 0.817. The molecule has 2 N–H and O–H groups in total. The van der Waals surface area contributed by atoms with Gasteiger partial charge < -0.3 is 10.6 Å². The van der Waals surface area contributed by atoms with E-state index in [0.717, 1.165) is 19.1 Å². The van der Waals surface area contributed by atoms with Gasteiger partial charge in [-0.25, -0.2) is 0 Å². The van der Waals surface area contributed by atoms with Crippen LogP contribution < -0.4 is 10.6 Å². The molecule has 1 saturated carbocycles. The molecule has 0 aliphatic heterocycles. The van der Waals surface area contributed by atoms with Crippen molar-refractivity contribution in [3.05, 3.63) is 15.9 Å². The zero-order chi connectivity index (χ0) is 9.10. The lowest BCUT2D eigenvalue weighted by Crippen LogP contribution is -2.23. The molecule has 1 aliphatic carbocycles. The van der Waals surface area contributed by atoms with Gasteiger partial charge in [-0.15, -0.1) is 11.3 Å². The minimum Gasteiger partial charge on any atom is -0.376 e. The summed E-state index contributed by atoms with van der Waals surface area (Å²) in [5.74, 6) is 0. The number of hydrogen-bond acceptors (Lipinski definition) is 3. The Balaban J connectivity index is 1.61. The Bertz CT molecular complexity index is 270. The first-order valence-corrected chi connectivity index (χ1v) is 6.18. The zero-order valence-corrected chi connectivity index (χ0v) is 9.75. The van der Waals surface area contributed by atoms with Gasteiger partial charge in [0, 0.05) is 19.1 Å². The van der Waals surface area contributed by atoms with Gasteiger partial charge in [0.1, 0.15) is 0 Å². The van der Waals surface area contributed by atoms with Crippen LogP contribution >= 0.6 is 27.3 Å². The molecule has 0 amide bonds. The van der Waals surface area contributed by atoms with E-state index < -0.39 is 0 Å². The second kappa shape index (κ2) is 4.44. The molecule has 2 rings (SSSR count). The van der Waals surface area contributed by atoms with Crippen LogP contribution in [0.5, 0.6) is 0 Å². The second-order valence-corrected chi connectivity index (χ2v) is 5.72. The fourth-order valence-electron chi connectivity index (χ4n) is 1.16. The Kier molecular flexibility index (Phi) is 3.24. The van der Waals surface area contributed by atoms with Gasteiger partial charge >= 0.3 is 0 Å². The maximum absolute atomic E-state index is 3.46. The first kappa shape index (κ1) is 9.49. The van der Waals surface area contributed by atoms with E-state index >= 15 is 0 Å². The van der Waals surface area contributed by atoms with Crippen LogP contribution in [0.3, 0.4) is 0 Å². The summed E-state index contributed by atoms with van der Waals surface area (Å²) in [6.45, 7) is 2.09. The van der Waals surface area contributed by atoms with Gasteiger partial charge in [0.25, 0.3) is 0 Å². The van der Waals surface area contributed by atoms with Gasteiger partial charge in [-0.05, 0) is 40.9 Å². The molecular weight excluding hydrogens is 248 g/mol. The number of halogens is 1. The minimum atomic E-state index is 0.817. The van der Waals surface area contributed by atoms with Gasteiger partial charge in [-0.3, -0.25) is 0 Å². The predicted molar refractivity (Wildman–Crippen MR) is 61.5 cm³/mol. The molecule has 0 saturated heterocycles. The molecule has 0 spiro atoms. The molecule has 0 bridgehead atoms. The third-order valence-electron chi connectivity index (χ3n) is 2.01. The van der Waals surface area contributed by atoms with E-state index in [1.165, 1.54) is 21.6 Å². The Morgan fingerprint density at radius 3 is 2.85 bits per heavy atom. The molecule has 0 unspecified atom stereocenters. The quantitative estimate of drug-likeness (QED) is 0.796. The monoisotopic (exact) mass is 260 g/mol. The summed E-state index contributed by atoms with van der Waals surface area (Å²) in [7, 11) is 0. The van der Waals surface area contributed by atoms with Gasteiger partial charge in [-0.1, -0.05) is 0 Å². The van der Waals surface area contributed by atoms with Crippen molar-refractivity contribution < 1.29 is 0 Å². The standard InChI is InChI=1S/C9H13BrN2S/c10-8-3-4-9(13-8)12-6-5-11-7-1-2-7/h3-4,7,11-12H,1-2,5-6H2.